The number of methoxy groups -OCH3 is 2. The molecular weight excluding hydrogens is 276 g/mol. The number of esters is 2. The maximum atomic E-state index is 11.7. The number of benzene rings is 1. The molecule has 0 bridgehead atoms. The van der Waals surface area contributed by atoms with Crippen molar-refractivity contribution in [1.29, 1.82) is 0 Å². The summed E-state index contributed by atoms with van der Waals surface area (Å²) in [6.07, 6.45) is 1.02. The van der Waals surface area contributed by atoms with E-state index < -0.39 is 11.9 Å². The van der Waals surface area contributed by atoms with Gasteiger partial charge in [0.2, 0.25) is 0 Å². The van der Waals surface area contributed by atoms with E-state index in [1.54, 1.807) is 6.07 Å². The van der Waals surface area contributed by atoms with Gasteiger partial charge in [-0.15, -0.1) is 0 Å². The van der Waals surface area contributed by atoms with E-state index >= 15 is 0 Å². The predicted octanol–water partition coefficient (Wildman–Crippen LogP) is 0.908. The molecule has 0 aliphatic heterocycles. The Morgan fingerprint density at radius 1 is 1.24 bits per heavy atom. The number of hydrogen-bond donors (Lipinski definition) is 2. The molecule has 0 fully saturated rings. The Morgan fingerprint density at radius 2 is 2.00 bits per heavy atom. The summed E-state index contributed by atoms with van der Waals surface area (Å²) in [6.45, 7) is 1.84. The van der Waals surface area contributed by atoms with Gasteiger partial charge in [0.25, 0.3) is 0 Å². The molecular formula is C13H14N4O4. The van der Waals surface area contributed by atoms with Crippen LogP contribution in [0.25, 0.3) is 11.0 Å². The molecule has 8 nitrogen and oxygen atoms in total. The first-order valence-electron chi connectivity index (χ1n) is 6.02. The fourth-order valence-electron chi connectivity index (χ4n) is 1.74. The predicted molar refractivity (Wildman–Crippen MR) is 74.4 cm³/mol. The Morgan fingerprint density at radius 3 is 2.67 bits per heavy atom. The van der Waals surface area contributed by atoms with E-state index in [9.17, 15) is 9.59 Å². The van der Waals surface area contributed by atoms with Gasteiger partial charge in [0, 0.05) is 0 Å². The molecule has 0 radical (unpaired) electrons. The first-order chi connectivity index (χ1) is 10.1. The number of aryl methyl sites for hydroxylation is 1. The summed E-state index contributed by atoms with van der Waals surface area (Å²) in [4.78, 5) is 23.1. The van der Waals surface area contributed by atoms with E-state index in [0.29, 0.717) is 16.7 Å². The molecule has 8 heteroatoms. The number of carbonyl (C=O) groups is 2. The van der Waals surface area contributed by atoms with Crippen molar-refractivity contribution in [2.24, 2.45) is 0 Å². The van der Waals surface area contributed by atoms with Crippen molar-refractivity contribution < 1.29 is 19.1 Å². The van der Waals surface area contributed by atoms with Crippen molar-refractivity contribution in [3.05, 3.63) is 29.5 Å². The molecule has 2 rings (SSSR count). The van der Waals surface area contributed by atoms with Crippen molar-refractivity contribution in [3.63, 3.8) is 0 Å². The molecule has 0 amide bonds. The number of aromatic nitrogens is 3. The Bertz CT molecular complexity index is 720. The number of ether oxygens (including phenoxy) is 2. The van der Waals surface area contributed by atoms with Crippen LogP contribution < -0.4 is 5.32 Å². The van der Waals surface area contributed by atoms with Crippen LogP contribution >= 0.6 is 0 Å². The monoisotopic (exact) mass is 290 g/mol. The number of hydrogen-bond acceptors (Lipinski definition) is 7. The van der Waals surface area contributed by atoms with Crippen LogP contribution in [0.5, 0.6) is 0 Å². The number of carbonyl (C=O) groups excluding carboxylic acids is 2. The van der Waals surface area contributed by atoms with E-state index in [1.807, 2.05) is 13.0 Å². The van der Waals surface area contributed by atoms with Gasteiger partial charge < -0.3 is 14.8 Å². The molecule has 0 saturated heterocycles. The summed E-state index contributed by atoms with van der Waals surface area (Å²) in [5.41, 5.74) is 2.51. The minimum absolute atomic E-state index is 0.0528. The van der Waals surface area contributed by atoms with E-state index in [2.05, 4.69) is 30.2 Å². The number of nitrogens with one attached hydrogen (secondary N) is 2. The lowest BCUT2D eigenvalue weighted by molar-refractivity contribution is -0.138. The van der Waals surface area contributed by atoms with E-state index in [0.717, 1.165) is 11.6 Å². The zero-order chi connectivity index (χ0) is 15.4. The molecule has 2 aromatic rings. The Balaban J connectivity index is 2.46. The van der Waals surface area contributed by atoms with Crippen LogP contribution in [0, 0.1) is 6.92 Å². The van der Waals surface area contributed by atoms with E-state index in [4.69, 9.17) is 0 Å². The molecule has 0 unspecified atom stereocenters. The highest BCUT2D eigenvalue weighted by atomic mass is 16.5. The molecule has 1 aromatic heterocycles. The molecule has 0 atom stereocenters. The number of fused-ring (bicyclic) bond motifs is 1. The minimum Gasteiger partial charge on any atom is -0.466 e. The molecule has 1 aromatic carbocycles. The van der Waals surface area contributed by atoms with Crippen LogP contribution in [-0.2, 0) is 19.1 Å². The van der Waals surface area contributed by atoms with Gasteiger partial charge in [0.1, 0.15) is 16.7 Å². The lowest BCUT2D eigenvalue weighted by atomic mass is 10.1. The van der Waals surface area contributed by atoms with Crippen LogP contribution in [0.15, 0.2) is 23.9 Å². The largest absolute Gasteiger partial charge is 0.466 e. The first kappa shape index (κ1) is 14.5. The second-order valence-corrected chi connectivity index (χ2v) is 4.15. The second kappa shape index (κ2) is 6.04. The number of H-pyrrole nitrogens is 1. The fourth-order valence-corrected chi connectivity index (χ4v) is 1.74. The molecule has 110 valence electrons. The quantitative estimate of drug-likeness (QED) is 0.636. The van der Waals surface area contributed by atoms with Crippen molar-refractivity contribution >= 4 is 28.7 Å². The average Bonchev–Trinajstić information content (AvgIpc) is 2.96. The smallest absolute Gasteiger partial charge is 0.354 e. The Hall–Kier alpha value is -2.90. The van der Waals surface area contributed by atoms with Crippen LogP contribution in [0.4, 0.5) is 5.69 Å². The molecule has 0 saturated carbocycles. The number of rotatable bonds is 4. The van der Waals surface area contributed by atoms with Gasteiger partial charge in [0.05, 0.1) is 26.0 Å². The average molecular weight is 290 g/mol. The van der Waals surface area contributed by atoms with Crippen molar-refractivity contribution in [2.45, 2.75) is 6.92 Å². The zero-order valence-electron chi connectivity index (χ0n) is 11.8. The van der Waals surface area contributed by atoms with Crippen LogP contribution in [-0.4, -0.2) is 41.6 Å². The van der Waals surface area contributed by atoms with Crippen LogP contribution in [0.2, 0.25) is 0 Å². The molecule has 0 aliphatic carbocycles. The van der Waals surface area contributed by atoms with Gasteiger partial charge in [-0.2, -0.15) is 15.4 Å². The second-order valence-electron chi connectivity index (χ2n) is 4.15. The third-order valence-corrected chi connectivity index (χ3v) is 2.83. The van der Waals surface area contributed by atoms with Gasteiger partial charge in [0.15, 0.2) is 0 Å². The summed E-state index contributed by atoms with van der Waals surface area (Å²) in [6, 6.07) is 3.61. The van der Waals surface area contributed by atoms with Crippen molar-refractivity contribution in [2.75, 3.05) is 19.5 Å². The highest BCUT2D eigenvalue weighted by molar-refractivity contribution is 6.01. The number of nitrogens with zero attached hydrogens (tertiary/aromatic N) is 2. The SMILES string of the molecule is COC(=O)/C=C(/Nc1c(C)ccc2n[nH]nc12)C(=O)OC. The number of anilines is 1. The topological polar surface area (TPSA) is 106 Å². The molecule has 21 heavy (non-hydrogen) atoms. The summed E-state index contributed by atoms with van der Waals surface area (Å²) >= 11 is 0. The van der Waals surface area contributed by atoms with Gasteiger partial charge in [-0.3, -0.25) is 0 Å². The third kappa shape index (κ3) is 2.99. The lowest BCUT2D eigenvalue weighted by Gasteiger charge is -2.11. The van der Waals surface area contributed by atoms with E-state index in [1.165, 1.54) is 14.2 Å². The van der Waals surface area contributed by atoms with Gasteiger partial charge in [-0.25, -0.2) is 9.59 Å². The first-order valence-corrected chi connectivity index (χ1v) is 6.02. The number of aromatic amines is 1. The fraction of sp³-hybridized carbons (Fsp3) is 0.231. The minimum atomic E-state index is -0.694. The summed E-state index contributed by atoms with van der Waals surface area (Å²) < 4.78 is 9.16. The lowest BCUT2D eigenvalue weighted by Crippen LogP contribution is -2.16. The van der Waals surface area contributed by atoms with Crippen molar-refractivity contribution in [3.8, 4) is 0 Å². The summed E-state index contributed by atoms with van der Waals surface area (Å²) in [5, 5.41) is 13.4. The molecule has 0 aliphatic rings. The molecule has 2 N–H and O–H groups in total. The van der Waals surface area contributed by atoms with Gasteiger partial charge >= 0.3 is 11.9 Å². The van der Waals surface area contributed by atoms with Gasteiger partial charge in [-0.1, -0.05) is 6.07 Å². The van der Waals surface area contributed by atoms with Crippen LogP contribution in [0.1, 0.15) is 5.56 Å². The van der Waals surface area contributed by atoms with Gasteiger partial charge in [-0.05, 0) is 18.6 Å². The third-order valence-electron chi connectivity index (χ3n) is 2.83. The van der Waals surface area contributed by atoms with E-state index in [-0.39, 0.29) is 5.70 Å². The Labute approximate surface area is 120 Å². The standard InChI is InChI=1S/C13H14N4O4/c1-7-4-5-8-12(16-17-15-8)11(7)14-9(13(19)21-3)6-10(18)20-2/h4-6,14H,1-3H3,(H,15,16,17)/b9-6+. The van der Waals surface area contributed by atoms with Crippen LogP contribution in [0.3, 0.4) is 0 Å². The molecule has 0 spiro atoms. The molecule has 1 heterocycles. The zero-order valence-corrected chi connectivity index (χ0v) is 11.8. The summed E-state index contributed by atoms with van der Waals surface area (Å²) in [7, 11) is 2.44. The Kier molecular flexibility index (Phi) is 4.17. The summed E-state index contributed by atoms with van der Waals surface area (Å²) in [5.74, 6) is -1.37. The maximum absolute atomic E-state index is 11.7. The maximum Gasteiger partial charge on any atom is 0.354 e. The highest BCUT2D eigenvalue weighted by Gasteiger charge is 2.16. The highest BCUT2D eigenvalue weighted by Crippen LogP contribution is 2.25. The normalized spacial score (nSPS) is 11.3. The van der Waals surface area contributed by atoms with Crippen molar-refractivity contribution in [1.82, 2.24) is 15.4 Å².